The number of amides is 1. The zero-order valence-corrected chi connectivity index (χ0v) is 14.4. The van der Waals surface area contributed by atoms with Crippen molar-refractivity contribution in [1.82, 2.24) is 0 Å². The van der Waals surface area contributed by atoms with Crippen LogP contribution in [0, 0.1) is 13.8 Å². The number of carbonyl (C=O) groups is 1. The summed E-state index contributed by atoms with van der Waals surface area (Å²) in [5.41, 5.74) is 2.73. The van der Waals surface area contributed by atoms with Crippen LogP contribution >= 0.6 is 0 Å². The molecule has 3 rings (SSSR count). The minimum absolute atomic E-state index is 0.273. The van der Waals surface area contributed by atoms with E-state index in [1.807, 2.05) is 39.0 Å². The molecule has 1 N–H and O–H groups in total. The van der Waals surface area contributed by atoms with E-state index in [0.717, 1.165) is 16.8 Å². The van der Waals surface area contributed by atoms with Crippen LogP contribution in [0.15, 0.2) is 51.7 Å². The van der Waals surface area contributed by atoms with Crippen molar-refractivity contribution < 1.29 is 13.9 Å². The molecule has 3 aromatic rings. The molecule has 0 atom stereocenters. The van der Waals surface area contributed by atoms with Crippen molar-refractivity contribution in [3.63, 3.8) is 0 Å². The predicted octanol–water partition coefficient (Wildman–Crippen LogP) is 4.06. The molecule has 0 radical (unpaired) electrons. The van der Waals surface area contributed by atoms with Gasteiger partial charge in [0.05, 0.1) is 12.2 Å². The van der Waals surface area contributed by atoms with Crippen LogP contribution in [0.4, 0.5) is 5.69 Å². The lowest BCUT2D eigenvalue weighted by molar-refractivity contribution is 0.102. The topological polar surface area (TPSA) is 68.5 Å². The van der Waals surface area contributed by atoms with E-state index in [-0.39, 0.29) is 11.5 Å². The van der Waals surface area contributed by atoms with Gasteiger partial charge in [-0.25, -0.2) is 4.79 Å². The molecule has 0 aliphatic heterocycles. The summed E-state index contributed by atoms with van der Waals surface area (Å²) in [5, 5.41) is 3.44. The predicted molar refractivity (Wildman–Crippen MR) is 97.5 cm³/mol. The van der Waals surface area contributed by atoms with Gasteiger partial charge in [0.25, 0.3) is 5.91 Å². The first-order chi connectivity index (χ1) is 12.0. The molecular formula is C20H19NO4. The number of hydrogen-bond acceptors (Lipinski definition) is 4. The second kappa shape index (κ2) is 6.81. The van der Waals surface area contributed by atoms with Gasteiger partial charge in [-0.2, -0.15) is 0 Å². The molecule has 5 nitrogen and oxygen atoms in total. The molecule has 0 unspecified atom stereocenters. The minimum Gasteiger partial charge on any atom is -0.494 e. The third-order valence-corrected chi connectivity index (χ3v) is 3.91. The van der Waals surface area contributed by atoms with Gasteiger partial charge in [0.1, 0.15) is 11.3 Å². The highest BCUT2D eigenvalue weighted by molar-refractivity contribution is 6.12. The summed E-state index contributed by atoms with van der Waals surface area (Å²) in [6, 6.07) is 12.1. The molecule has 0 aliphatic rings. The van der Waals surface area contributed by atoms with Crippen molar-refractivity contribution in [1.29, 1.82) is 0 Å². The molecule has 1 aromatic heterocycles. The molecule has 2 aromatic carbocycles. The number of anilines is 1. The van der Waals surface area contributed by atoms with Crippen molar-refractivity contribution in [2.75, 3.05) is 11.9 Å². The highest BCUT2D eigenvalue weighted by atomic mass is 16.5. The number of carbonyl (C=O) groups excluding carboxylic acids is 1. The molecule has 1 heterocycles. The van der Waals surface area contributed by atoms with E-state index in [0.29, 0.717) is 23.3 Å². The van der Waals surface area contributed by atoms with E-state index in [1.54, 1.807) is 18.2 Å². The summed E-state index contributed by atoms with van der Waals surface area (Å²) in [6.45, 7) is 6.24. The molecule has 25 heavy (non-hydrogen) atoms. The summed E-state index contributed by atoms with van der Waals surface area (Å²) >= 11 is 0. The van der Waals surface area contributed by atoms with Crippen molar-refractivity contribution in [3.8, 4) is 5.75 Å². The average molecular weight is 337 g/mol. The number of ether oxygens (including phenoxy) is 1. The Morgan fingerprint density at radius 1 is 1.12 bits per heavy atom. The molecule has 0 aliphatic carbocycles. The smallest absolute Gasteiger partial charge is 0.337 e. The van der Waals surface area contributed by atoms with Crippen LogP contribution in [0.2, 0.25) is 0 Å². The van der Waals surface area contributed by atoms with Crippen LogP contribution in [-0.2, 0) is 0 Å². The Labute approximate surface area is 145 Å². The number of benzene rings is 2. The highest BCUT2D eigenvalue weighted by Gasteiger charge is 2.15. The Balaban J connectivity index is 2.03. The molecule has 0 saturated heterocycles. The maximum Gasteiger partial charge on any atom is 0.337 e. The Hall–Kier alpha value is -3.08. The lowest BCUT2D eigenvalue weighted by Gasteiger charge is -2.11. The van der Waals surface area contributed by atoms with Gasteiger partial charge in [-0.3, -0.25) is 4.79 Å². The Morgan fingerprint density at radius 2 is 1.92 bits per heavy atom. The summed E-state index contributed by atoms with van der Waals surface area (Å²) in [7, 11) is 0. The lowest BCUT2D eigenvalue weighted by atomic mass is 10.1. The summed E-state index contributed by atoms with van der Waals surface area (Å²) in [5.74, 6) is 0.237. The van der Waals surface area contributed by atoms with Gasteiger partial charge in [-0.1, -0.05) is 12.1 Å². The number of nitrogens with one attached hydrogen (secondary N) is 1. The Kier molecular flexibility index (Phi) is 4.57. The summed E-state index contributed by atoms with van der Waals surface area (Å²) in [6.07, 6.45) is 0. The average Bonchev–Trinajstić information content (AvgIpc) is 2.57. The van der Waals surface area contributed by atoms with Crippen LogP contribution in [0.25, 0.3) is 11.0 Å². The number of aryl methyl sites for hydroxylation is 2. The zero-order valence-electron chi connectivity index (χ0n) is 14.4. The van der Waals surface area contributed by atoms with Crippen LogP contribution in [0.5, 0.6) is 5.75 Å². The maximum atomic E-state index is 12.7. The number of hydrogen-bond donors (Lipinski definition) is 1. The van der Waals surface area contributed by atoms with E-state index in [9.17, 15) is 9.59 Å². The standard InChI is InChI=1S/C20H19NO4/c1-4-24-14-7-8-15-16(11-19(22)25-18(15)10-14)20(23)21-17-9-12(2)5-6-13(17)3/h5-11H,4H2,1-3H3,(H,21,23). The van der Waals surface area contributed by atoms with Gasteiger partial charge >= 0.3 is 5.63 Å². The number of rotatable bonds is 4. The molecule has 1 amide bonds. The van der Waals surface area contributed by atoms with E-state index in [2.05, 4.69) is 5.32 Å². The van der Waals surface area contributed by atoms with Gasteiger partial charge in [0.2, 0.25) is 0 Å². The minimum atomic E-state index is -0.577. The Morgan fingerprint density at radius 3 is 2.68 bits per heavy atom. The fraction of sp³-hybridized carbons (Fsp3) is 0.200. The largest absolute Gasteiger partial charge is 0.494 e. The second-order valence-electron chi connectivity index (χ2n) is 5.84. The highest BCUT2D eigenvalue weighted by Crippen LogP contribution is 2.24. The van der Waals surface area contributed by atoms with Crippen LogP contribution in [-0.4, -0.2) is 12.5 Å². The molecular weight excluding hydrogens is 318 g/mol. The van der Waals surface area contributed by atoms with Crippen molar-refractivity contribution in [2.24, 2.45) is 0 Å². The van der Waals surface area contributed by atoms with E-state index in [4.69, 9.17) is 9.15 Å². The molecule has 0 spiro atoms. The lowest BCUT2D eigenvalue weighted by Crippen LogP contribution is -2.16. The van der Waals surface area contributed by atoms with Crippen LogP contribution in [0.1, 0.15) is 28.4 Å². The molecule has 5 heteroatoms. The fourth-order valence-electron chi connectivity index (χ4n) is 2.65. The van der Waals surface area contributed by atoms with Gasteiger partial charge in [-0.15, -0.1) is 0 Å². The molecule has 128 valence electrons. The van der Waals surface area contributed by atoms with E-state index >= 15 is 0 Å². The van der Waals surface area contributed by atoms with Gasteiger partial charge < -0.3 is 14.5 Å². The van der Waals surface area contributed by atoms with Crippen LogP contribution < -0.4 is 15.7 Å². The quantitative estimate of drug-likeness (QED) is 0.729. The number of fused-ring (bicyclic) bond motifs is 1. The van der Waals surface area contributed by atoms with Gasteiger partial charge in [-0.05, 0) is 50.1 Å². The van der Waals surface area contributed by atoms with E-state index in [1.165, 1.54) is 6.07 Å². The zero-order chi connectivity index (χ0) is 18.0. The van der Waals surface area contributed by atoms with Gasteiger partial charge in [0.15, 0.2) is 0 Å². The first-order valence-electron chi connectivity index (χ1n) is 8.07. The van der Waals surface area contributed by atoms with Gasteiger partial charge in [0, 0.05) is 23.2 Å². The SMILES string of the molecule is CCOc1ccc2c(C(=O)Nc3cc(C)ccc3C)cc(=O)oc2c1. The van der Waals surface area contributed by atoms with Crippen molar-refractivity contribution >= 4 is 22.6 Å². The third-order valence-electron chi connectivity index (χ3n) is 3.91. The first kappa shape index (κ1) is 16.8. The monoisotopic (exact) mass is 337 g/mol. The molecule has 0 fully saturated rings. The summed E-state index contributed by atoms with van der Waals surface area (Å²) in [4.78, 5) is 24.6. The van der Waals surface area contributed by atoms with Crippen molar-refractivity contribution in [3.05, 3.63) is 69.6 Å². The molecule has 0 bridgehead atoms. The van der Waals surface area contributed by atoms with Crippen LogP contribution in [0.3, 0.4) is 0 Å². The molecule has 0 saturated carbocycles. The van der Waals surface area contributed by atoms with E-state index < -0.39 is 5.63 Å². The maximum absolute atomic E-state index is 12.7. The first-order valence-corrected chi connectivity index (χ1v) is 8.07. The normalized spacial score (nSPS) is 10.7. The summed E-state index contributed by atoms with van der Waals surface area (Å²) < 4.78 is 10.6. The Bertz CT molecular complexity index is 1000. The fourth-order valence-corrected chi connectivity index (χ4v) is 2.65. The second-order valence-corrected chi connectivity index (χ2v) is 5.84. The third kappa shape index (κ3) is 3.55. The van der Waals surface area contributed by atoms with Crippen molar-refractivity contribution in [2.45, 2.75) is 20.8 Å².